The first kappa shape index (κ1) is 15.8. The Labute approximate surface area is 145 Å². The molecule has 0 spiro atoms. The number of amides is 1. The predicted molar refractivity (Wildman–Crippen MR) is 93.0 cm³/mol. The molecule has 0 saturated carbocycles. The SMILES string of the molecule is COc1ccc2c(c1)C1=NN(C(C)=O)[C@H](c3ccccc3F)[C@@H]1CC2. The topological polar surface area (TPSA) is 41.9 Å². The van der Waals surface area contributed by atoms with E-state index in [-0.39, 0.29) is 17.6 Å². The molecule has 25 heavy (non-hydrogen) atoms. The maximum Gasteiger partial charge on any atom is 0.240 e. The van der Waals surface area contributed by atoms with Crippen molar-refractivity contribution in [2.75, 3.05) is 7.11 Å². The molecule has 4 rings (SSSR count). The molecule has 0 N–H and O–H groups in total. The Morgan fingerprint density at radius 1 is 1.28 bits per heavy atom. The van der Waals surface area contributed by atoms with Crippen LogP contribution in [0.1, 0.15) is 36.1 Å². The summed E-state index contributed by atoms with van der Waals surface area (Å²) < 4.78 is 19.8. The van der Waals surface area contributed by atoms with Gasteiger partial charge in [-0.15, -0.1) is 0 Å². The molecule has 4 nitrogen and oxygen atoms in total. The number of methoxy groups -OCH3 is 1. The molecule has 2 atom stereocenters. The lowest BCUT2D eigenvalue weighted by Crippen LogP contribution is -2.31. The summed E-state index contributed by atoms with van der Waals surface area (Å²) in [4.78, 5) is 12.2. The first-order valence-electron chi connectivity index (χ1n) is 8.40. The third-order valence-electron chi connectivity index (χ3n) is 5.08. The fourth-order valence-corrected chi connectivity index (χ4v) is 3.90. The average Bonchev–Trinajstić information content (AvgIpc) is 3.02. The van der Waals surface area contributed by atoms with E-state index >= 15 is 0 Å². The summed E-state index contributed by atoms with van der Waals surface area (Å²) in [5.74, 6) is 0.262. The monoisotopic (exact) mass is 338 g/mol. The van der Waals surface area contributed by atoms with Gasteiger partial charge in [-0.2, -0.15) is 5.10 Å². The first-order chi connectivity index (χ1) is 12.1. The van der Waals surface area contributed by atoms with E-state index in [2.05, 4.69) is 5.10 Å². The maximum atomic E-state index is 14.4. The van der Waals surface area contributed by atoms with Crippen LogP contribution in [-0.4, -0.2) is 23.7 Å². The van der Waals surface area contributed by atoms with E-state index in [0.717, 1.165) is 29.9 Å². The highest BCUT2D eigenvalue weighted by molar-refractivity contribution is 6.07. The highest BCUT2D eigenvalue weighted by atomic mass is 19.1. The van der Waals surface area contributed by atoms with Crippen LogP contribution < -0.4 is 4.74 Å². The Balaban J connectivity index is 1.83. The molecule has 0 fully saturated rings. The molecule has 5 heteroatoms. The van der Waals surface area contributed by atoms with Crippen molar-refractivity contribution in [2.45, 2.75) is 25.8 Å². The van der Waals surface area contributed by atoms with Crippen LogP contribution in [0.15, 0.2) is 47.6 Å². The third-order valence-corrected chi connectivity index (χ3v) is 5.08. The second kappa shape index (κ2) is 5.99. The van der Waals surface area contributed by atoms with Crippen LogP contribution in [0.2, 0.25) is 0 Å². The summed E-state index contributed by atoms with van der Waals surface area (Å²) >= 11 is 0. The van der Waals surface area contributed by atoms with Gasteiger partial charge in [-0.3, -0.25) is 4.79 Å². The van der Waals surface area contributed by atoms with Gasteiger partial charge in [-0.05, 0) is 36.6 Å². The number of halogens is 1. The molecule has 1 heterocycles. The van der Waals surface area contributed by atoms with Gasteiger partial charge in [0, 0.05) is 24.0 Å². The largest absolute Gasteiger partial charge is 0.497 e. The highest BCUT2D eigenvalue weighted by Crippen LogP contribution is 2.44. The number of carbonyl (C=O) groups excluding carboxylic acids is 1. The Kier molecular flexibility index (Phi) is 3.79. The number of rotatable bonds is 2. The second-order valence-corrected chi connectivity index (χ2v) is 6.48. The maximum absolute atomic E-state index is 14.4. The molecular weight excluding hydrogens is 319 g/mol. The molecular formula is C20H19FN2O2. The molecule has 0 saturated heterocycles. The summed E-state index contributed by atoms with van der Waals surface area (Å²) in [6, 6.07) is 12.2. The number of carbonyl (C=O) groups is 1. The molecule has 1 aliphatic carbocycles. The van der Waals surface area contributed by atoms with E-state index in [4.69, 9.17) is 4.74 Å². The summed E-state index contributed by atoms with van der Waals surface area (Å²) in [5, 5.41) is 6.04. The standard InChI is InChI=1S/C20H19FN2O2/c1-12(24)23-20(15-5-3-4-6-18(15)21)16-10-8-13-7-9-14(25-2)11-17(13)19(16)22-23/h3-7,9,11,16,20H,8,10H2,1-2H3/t16-,20-/m1/s1. The Bertz CT molecular complexity index is 878. The molecule has 2 aliphatic rings. The van der Waals surface area contributed by atoms with E-state index in [1.807, 2.05) is 18.2 Å². The van der Waals surface area contributed by atoms with Crippen molar-refractivity contribution < 1.29 is 13.9 Å². The normalized spacial score (nSPS) is 21.4. The summed E-state index contributed by atoms with van der Waals surface area (Å²) in [6.07, 6.45) is 1.71. The van der Waals surface area contributed by atoms with E-state index < -0.39 is 6.04 Å². The Morgan fingerprint density at radius 2 is 2.08 bits per heavy atom. The van der Waals surface area contributed by atoms with Gasteiger partial charge >= 0.3 is 0 Å². The van der Waals surface area contributed by atoms with Gasteiger partial charge in [-0.25, -0.2) is 9.40 Å². The minimum atomic E-state index is -0.395. The van der Waals surface area contributed by atoms with Crippen molar-refractivity contribution in [1.29, 1.82) is 0 Å². The fraction of sp³-hybridized carbons (Fsp3) is 0.300. The van der Waals surface area contributed by atoms with Gasteiger partial charge in [0.05, 0.1) is 18.9 Å². The van der Waals surface area contributed by atoms with Gasteiger partial charge in [0.25, 0.3) is 0 Å². The van der Waals surface area contributed by atoms with Crippen molar-refractivity contribution in [2.24, 2.45) is 11.0 Å². The quantitative estimate of drug-likeness (QED) is 0.838. The van der Waals surface area contributed by atoms with Crippen LogP contribution in [0.25, 0.3) is 0 Å². The lowest BCUT2D eigenvalue weighted by Gasteiger charge is -2.29. The van der Waals surface area contributed by atoms with Gasteiger partial charge in [-0.1, -0.05) is 24.3 Å². The zero-order valence-corrected chi connectivity index (χ0v) is 14.2. The number of benzene rings is 2. The van der Waals surface area contributed by atoms with Gasteiger partial charge in [0.2, 0.25) is 5.91 Å². The number of hydrogen-bond acceptors (Lipinski definition) is 3. The van der Waals surface area contributed by atoms with Crippen LogP contribution in [-0.2, 0) is 11.2 Å². The van der Waals surface area contributed by atoms with Crippen LogP contribution in [0.3, 0.4) is 0 Å². The molecule has 2 aromatic carbocycles. The zero-order chi connectivity index (χ0) is 17.6. The Morgan fingerprint density at radius 3 is 2.80 bits per heavy atom. The first-order valence-corrected chi connectivity index (χ1v) is 8.40. The predicted octanol–water partition coefficient (Wildman–Crippen LogP) is 3.70. The number of nitrogens with zero attached hydrogens (tertiary/aromatic N) is 2. The molecule has 0 aromatic heterocycles. The third kappa shape index (κ3) is 2.51. The smallest absolute Gasteiger partial charge is 0.240 e. The number of ether oxygens (including phenoxy) is 1. The minimum absolute atomic E-state index is 0.0135. The average molecular weight is 338 g/mol. The number of hydrogen-bond donors (Lipinski definition) is 0. The highest BCUT2D eigenvalue weighted by Gasteiger charge is 2.44. The minimum Gasteiger partial charge on any atom is -0.497 e. The van der Waals surface area contributed by atoms with Crippen LogP contribution >= 0.6 is 0 Å². The van der Waals surface area contributed by atoms with E-state index in [1.54, 1.807) is 25.3 Å². The van der Waals surface area contributed by atoms with E-state index in [9.17, 15) is 9.18 Å². The number of hydrazone groups is 1. The lowest BCUT2D eigenvalue weighted by atomic mass is 9.77. The van der Waals surface area contributed by atoms with Crippen molar-refractivity contribution in [3.63, 3.8) is 0 Å². The van der Waals surface area contributed by atoms with Crippen LogP contribution in [0, 0.1) is 11.7 Å². The molecule has 0 bridgehead atoms. The van der Waals surface area contributed by atoms with Gasteiger partial charge in [0.1, 0.15) is 11.6 Å². The molecule has 1 aliphatic heterocycles. The summed E-state index contributed by atoms with van der Waals surface area (Å²) in [7, 11) is 1.63. The second-order valence-electron chi connectivity index (χ2n) is 6.48. The van der Waals surface area contributed by atoms with Crippen molar-refractivity contribution in [3.8, 4) is 5.75 Å². The summed E-state index contributed by atoms with van der Waals surface area (Å²) in [6.45, 7) is 1.47. The van der Waals surface area contributed by atoms with Crippen molar-refractivity contribution in [1.82, 2.24) is 5.01 Å². The van der Waals surface area contributed by atoms with Gasteiger partial charge < -0.3 is 4.74 Å². The zero-order valence-electron chi connectivity index (χ0n) is 14.2. The number of fused-ring (bicyclic) bond motifs is 3. The van der Waals surface area contributed by atoms with Crippen LogP contribution in [0.4, 0.5) is 4.39 Å². The fourth-order valence-electron chi connectivity index (χ4n) is 3.90. The molecule has 2 aromatic rings. The Hall–Kier alpha value is -2.69. The van der Waals surface area contributed by atoms with E-state index in [0.29, 0.717) is 5.56 Å². The molecule has 0 unspecified atom stereocenters. The number of aryl methyl sites for hydroxylation is 1. The molecule has 0 radical (unpaired) electrons. The van der Waals surface area contributed by atoms with Crippen molar-refractivity contribution >= 4 is 11.6 Å². The molecule has 128 valence electrons. The lowest BCUT2D eigenvalue weighted by molar-refractivity contribution is -0.131. The van der Waals surface area contributed by atoms with Gasteiger partial charge in [0.15, 0.2) is 0 Å². The van der Waals surface area contributed by atoms with E-state index in [1.165, 1.54) is 23.6 Å². The van der Waals surface area contributed by atoms with Crippen molar-refractivity contribution in [3.05, 3.63) is 65.0 Å². The summed E-state index contributed by atoms with van der Waals surface area (Å²) in [5.41, 5.74) is 3.56. The van der Waals surface area contributed by atoms with Crippen LogP contribution in [0.5, 0.6) is 5.75 Å². The molecule has 1 amide bonds.